The average Bonchev–Trinajstić information content (AvgIpc) is 2.42. The fourth-order valence-electron chi connectivity index (χ4n) is 2.55. The minimum absolute atomic E-state index is 0.0462. The molecule has 20 heavy (non-hydrogen) atoms. The number of rotatable bonds is 7. The lowest BCUT2D eigenvalue weighted by Crippen LogP contribution is -2.52. The Kier molecular flexibility index (Phi) is 6.15. The van der Waals surface area contributed by atoms with Gasteiger partial charge in [0.15, 0.2) is 5.78 Å². The molecule has 2 nitrogen and oxygen atoms in total. The molecule has 1 atom stereocenters. The van der Waals surface area contributed by atoms with Gasteiger partial charge in [-0.15, -0.1) is 0 Å². The lowest BCUT2D eigenvalue weighted by molar-refractivity contribution is -0.129. The Morgan fingerprint density at radius 2 is 1.90 bits per heavy atom. The second kappa shape index (κ2) is 7.19. The predicted molar refractivity (Wildman–Crippen MR) is 81.7 cm³/mol. The van der Waals surface area contributed by atoms with E-state index in [1.807, 2.05) is 27.7 Å². The van der Waals surface area contributed by atoms with Crippen molar-refractivity contribution in [1.29, 1.82) is 0 Å². The van der Waals surface area contributed by atoms with Crippen LogP contribution in [0.2, 0.25) is 5.02 Å². The molecular weight excluding hydrogens is 277 g/mol. The van der Waals surface area contributed by atoms with Crippen LogP contribution in [-0.2, 0) is 11.2 Å². The van der Waals surface area contributed by atoms with Gasteiger partial charge in [-0.3, -0.25) is 9.69 Å². The topological polar surface area (TPSA) is 20.3 Å². The summed E-state index contributed by atoms with van der Waals surface area (Å²) in [6.45, 7) is 9.61. The highest BCUT2D eigenvalue weighted by molar-refractivity contribution is 6.30. The Labute approximate surface area is 125 Å². The van der Waals surface area contributed by atoms with Crippen LogP contribution in [0.1, 0.15) is 39.7 Å². The Morgan fingerprint density at radius 3 is 2.35 bits per heavy atom. The molecule has 0 aliphatic heterocycles. The van der Waals surface area contributed by atoms with Gasteiger partial charge in [0.1, 0.15) is 5.82 Å². The van der Waals surface area contributed by atoms with Gasteiger partial charge in [-0.25, -0.2) is 4.39 Å². The summed E-state index contributed by atoms with van der Waals surface area (Å²) < 4.78 is 13.8. The van der Waals surface area contributed by atoms with Gasteiger partial charge in [0.25, 0.3) is 0 Å². The van der Waals surface area contributed by atoms with Crippen molar-refractivity contribution in [3.05, 3.63) is 34.6 Å². The largest absolute Gasteiger partial charge is 0.297 e. The van der Waals surface area contributed by atoms with E-state index >= 15 is 0 Å². The molecule has 0 heterocycles. The van der Waals surface area contributed by atoms with Crippen molar-refractivity contribution in [3.8, 4) is 0 Å². The fourth-order valence-corrected chi connectivity index (χ4v) is 2.71. The van der Waals surface area contributed by atoms with Crippen molar-refractivity contribution in [2.24, 2.45) is 0 Å². The quantitative estimate of drug-likeness (QED) is 0.755. The Bertz CT molecular complexity index is 474. The molecule has 0 aliphatic rings. The highest BCUT2D eigenvalue weighted by Gasteiger charge is 2.35. The number of halogens is 2. The van der Waals surface area contributed by atoms with E-state index in [-0.39, 0.29) is 12.2 Å². The molecule has 0 radical (unpaired) electrons. The molecule has 0 fully saturated rings. The number of benzene rings is 1. The summed E-state index contributed by atoms with van der Waals surface area (Å²) in [7, 11) is 0. The molecule has 4 heteroatoms. The fraction of sp³-hybridized carbons (Fsp3) is 0.562. The van der Waals surface area contributed by atoms with Gasteiger partial charge < -0.3 is 0 Å². The number of carbonyl (C=O) groups is 1. The Hall–Kier alpha value is -0.930. The summed E-state index contributed by atoms with van der Waals surface area (Å²) in [5.74, 6) is -0.367. The first kappa shape index (κ1) is 17.1. The molecule has 0 spiro atoms. The molecule has 1 aromatic carbocycles. The first-order valence-electron chi connectivity index (χ1n) is 7.11. The minimum atomic E-state index is -0.546. The third-order valence-corrected chi connectivity index (χ3v) is 4.35. The predicted octanol–water partition coefficient (Wildman–Crippen LogP) is 4.10. The summed E-state index contributed by atoms with van der Waals surface area (Å²) in [6.07, 6.45) is 0.812. The standard InChI is InChI=1S/C16H23ClFNO/c1-5-16(4,19(6-2)7-3)15(20)10-12-8-9-13(17)11-14(12)18/h8-9,11H,5-7,10H2,1-4H3. The number of hydrogen-bond acceptors (Lipinski definition) is 2. The number of nitrogens with zero attached hydrogens (tertiary/aromatic N) is 1. The maximum absolute atomic E-state index is 13.8. The van der Waals surface area contributed by atoms with Crippen molar-refractivity contribution in [1.82, 2.24) is 4.90 Å². The molecule has 1 unspecified atom stereocenters. The normalized spacial score (nSPS) is 14.3. The second-order valence-corrected chi connectivity index (χ2v) is 5.57. The number of carbonyl (C=O) groups excluding carboxylic acids is 1. The number of Topliss-reactive ketones (excluding diaryl/α,β-unsaturated/α-hetero) is 1. The zero-order chi connectivity index (χ0) is 15.3. The van der Waals surface area contributed by atoms with E-state index in [0.717, 1.165) is 13.1 Å². The van der Waals surface area contributed by atoms with Crippen LogP contribution in [0.3, 0.4) is 0 Å². The summed E-state index contributed by atoms with van der Waals surface area (Å²) in [5.41, 5.74) is -0.138. The summed E-state index contributed by atoms with van der Waals surface area (Å²) >= 11 is 5.73. The average molecular weight is 300 g/mol. The first-order valence-corrected chi connectivity index (χ1v) is 7.49. The molecule has 0 amide bonds. The highest BCUT2D eigenvalue weighted by atomic mass is 35.5. The lowest BCUT2D eigenvalue weighted by atomic mass is 9.87. The van der Waals surface area contributed by atoms with Gasteiger partial charge in [0.2, 0.25) is 0 Å². The van der Waals surface area contributed by atoms with E-state index in [4.69, 9.17) is 11.6 Å². The van der Waals surface area contributed by atoms with Gasteiger partial charge in [0, 0.05) is 11.4 Å². The first-order chi connectivity index (χ1) is 9.38. The SMILES string of the molecule is CCN(CC)C(C)(CC)C(=O)Cc1ccc(Cl)cc1F. The van der Waals surface area contributed by atoms with Crippen LogP contribution in [0, 0.1) is 5.82 Å². The Balaban J connectivity index is 2.97. The van der Waals surface area contributed by atoms with E-state index in [2.05, 4.69) is 4.90 Å². The summed E-state index contributed by atoms with van der Waals surface area (Å²) in [6, 6.07) is 4.46. The zero-order valence-corrected chi connectivity index (χ0v) is 13.4. The van der Waals surface area contributed by atoms with Gasteiger partial charge >= 0.3 is 0 Å². The maximum Gasteiger partial charge on any atom is 0.157 e. The van der Waals surface area contributed by atoms with Crippen LogP contribution in [0.4, 0.5) is 4.39 Å². The third kappa shape index (κ3) is 3.58. The van der Waals surface area contributed by atoms with Crippen molar-refractivity contribution >= 4 is 17.4 Å². The van der Waals surface area contributed by atoms with E-state index in [9.17, 15) is 9.18 Å². The van der Waals surface area contributed by atoms with Gasteiger partial charge in [-0.2, -0.15) is 0 Å². The molecule has 1 rings (SSSR count). The van der Waals surface area contributed by atoms with Crippen LogP contribution in [0.25, 0.3) is 0 Å². The molecule has 0 saturated carbocycles. The van der Waals surface area contributed by atoms with Crippen LogP contribution < -0.4 is 0 Å². The summed E-state index contributed by atoms with van der Waals surface area (Å²) in [4.78, 5) is 14.7. The van der Waals surface area contributed by atoms with E-state index < -0.39 is 11.4 Å². The minimum Gasteiger partial charge on any atom is -0.297 e. The lowest BCUT2D eigenvalue weighted by Gasteiger charge is -2.38. The van der Waals surface area contributed by atoms with Crippen molar-refractivity contribution in [3.63, 3.8) is 0 Å². The summed E-state index contributed by atoms with van der Waals surface area (Å²) in [5, 5.41) is 0.348. The van der Waals surface area contributed by atoms with Gasteiger partial charge in [-0.05, 0) is 44.1 Å². The molecule has 0 bridgehead atoms. The van der Waals surface area contributed by atoms with E-state index in [1.165, 1.54) is 6.07 Å². The maximum atomic E-state index is 13.8. The molecular formula is C16H23ClFNO. The van der Waals surface area contributed by atoms with Crippen molar-refractivity contribution in [2.45, 2.75) is 46.1 Å². The third-order valence-electron chi connectivity index (χ3n) is 4.12. The monoisotopic (exact) mass is 299 g/mol. The zero-order valence-electron chi connectivity index (χ0n) is 12.7. The van der Waals surface area contributed by atoms with Crippen molar-refractivity contribution in [2.75, 3.05) is 13.1 Å². The molecule has 112 valence electrons. The van der Waals surface area contributed by atoms with Crippen LogP contribution in [-0.4, -0.2) is 29.3 Å². The molecule has 0 saturated heterocycles. The molecule has 0 aromatic heterocycles. The molecule has 0 aliphatic carbocycles. The number of ketones is 1. The van der Waals surface area contributed by atoms with Crippen LogP contribution >= 0.6 is 11.6 Å². The second-order valence-electron chi connectivity index (χ2n) is 5.14. The number of hydrogen-bond donors (Lipinski definition) is 0. The Morgan fingerprint density at radius 1 is 1.30 bits per heavy atom. The van der Waals surface area contributed by atoms with E-state index in [1.54, 1.807) is 12.1 Å². The van der Waals surface area contributed by atoms with E-state index in [0.29, 0.717) is 17.0 Å². The molecule has 0 N–H and O–H groups in total. The molecule has 1 aromatic rings. The van der Waals surface area contributed by atoms with Gasteiger partial charge in [-0.1, -0.05) is 38.4 Å². The van der Waals surface area contributed by atoms with Crippen LogP contribution in [0.5, 0.6) is 0 Å². The smallest absolute Gasteiger partial charge is 0.157 e. The highest BCUT2D eigenvalue weighted by Crippen LogP contribution is 2.24. The van der Waals surface area contributed by atoms with Crippen LogP contribution in [0.15, 0.2) is 18.2 Å². The number of likely N-dealkylation sites (N-methyl/N-ethyl adjacent to an activating group) is 1. The van der Waals surface area contributed by atoms with Crippen molar-refractivity contribution < 1.29 is 9.18 Å². The van der Waals surface area contributed by atoms with Gasteiger partial charge in [0.05, 0.1) is 5.54 Å².